The Morgan fingerprint density at radius 3 is 2.43 bits per heavy atom. The zero-order valence-electron chi connectivity index (χ0n) is 23.2. The molecule has 2 aromatic rings. The highest BCUT2D eigenvalue weighted by atomic mass is 32.2. The van der Waals surface area contributed by atoms with Gasteiger partial charge in [-0.05, 0) is 56.9 Å². The van der Waals surface area contributed by atoms with Gasteiger partial charge in [0, 0.05) is 23.1 Å². The molecule has 1 unspecified atom stereocenters. The summed E-state index contributed by atoms with van der Waals surface area (Å²) in [5.74, 6) is 0.531. The van der Waals surface area contributed by atoms with Crippen LogP contribution in [0.5, 0.6) is 0 Å². The third kappa shape index (κ3) is 13.7. The van der Waals surface area contributed by atoms with E-state index in [1.165, 1.54) is 28.7 Å². The highest BCUT2D eigenvalue weighted by molar-refractivity contribution is 7.99. The molecule has 0 radical (unpaired) electrons. The Hall–Kier alpha value is -3.06. The lowest BCUT2D eigenvalue weighted by Gasteiger charge is -2.20. The van der Waals surface area contributed by atoms with Crippen LogP contribution in [0.15, 0.2) is 53.5 Å². The predicted molar refractivity (Wildman–Crippen MR) is 156 cm³/mol. The number of carbonyl (C=O) groups excluding carboxylic acids is 2. The van der Waals surface area contributed by atoms with Crippen LogP contribution in [0.1, 0.15) is 59.1 Å². The average Bonchev–Trinajstić information content (AvgIpc) is 2.83. The van der Waals surface area contributed by atoms with Crippen molar-refractivity contribution >= 4 is 42.3 Å². The molecule has 0 spiro atoms. The maximum Gasteiger partial charge on any atom is 0.408 e. The van der Waals surface area contributed by atoms with Crippen molar-refractivity contribution in [3.05, 3.63) is 70.1 Å². The number of nitrogens with zero attached hydrogens (tertiary/aromatic N) is 1. The number of ether oxygens (including phenoxy) is 2. The molecule has 202 valence electrons. The normalized spacial score (nSPS) is 13.3. The van der Waals surface area contributed by atoms with E-state index >= 15 is 0 Å². The molecule has 0 aliphatic rings. The van der Waals surface area contributed by atoms with Gasteiger partial charge in [0.15, 0.2) is 0 Å². The van der Waals surface area contributed by atoms with Crippen LogP contribution < -0.4 is 15.8 Å². The molecular weight excluding hydrogens is 484 g/mol. The Morgan fingerprint density at radius 1 is 1.14 bits per heavy atom. The van der Waals surface area contributed by atoms with E-state index in [1.807, 2.05) is 33.9 Å². The van der Waals surface area contributed by atoms with Gasteiger partial charge in [-0.2, -0.15) is 0 Å². The number of amides is 1. The lowest BCUT2D eigenvalue weighted by molar-refractivity contribution is -0.126. The van der Waals surface area contributed by atoms with Gasteiger partial charge < -0.3 is 14.8 Å². The number of rotatable bonds is 10. The standard InChI is InChI=1S/C28H38N2O2S.C2H4O2/c1-7-12-24-15-9-10-16-25(24)26(29-8-2)19-23-14-11-13-22(18-23)17-21(3)33-20-30-27(31)32-28(4,5)6;1-4-2-3/h8-16,18,21H,7,17,19-20H2,1-6H3,(H,30,31);2H,1H3/b24-12+,26-25-,29-8?;. The van der Waals surface area contributed by atoms with Gasteiger partial charge >= 0.3 is 6.09 Å². The number of alkyl carbamates (subject to hydrolysis) is 1. The van der Waals surface area contributed by atoms with Gasteiger partial charge in [0.25, 0.3) is 6.47 Å². The lowest BCUT2D eigenvalue weighted by Crippen LogP contribution is -2.32. The molecule has 2 aromatic carbocycles. The molecule has 0 saturated heterocycles. The second-order valence-electron chi connectivity index (χ2n) is 9.37. The molecule has 0 fully saturated rings. The number of thioether (sulfide) groups is 1. The van der Waals surface area contributed by atoms with E-state index in [-0.39, 0.29) is 6.09 Å². The van der Waals surface area contributed by atoms with Crippen molar-refractivity contribution in [2.45, 2.75) is 71.7 Å². The number of methoxy groups -OCH3 is 1. The van der Waals surface area contributed by atoms with Crippen molar-refractivity contribution in [2.24, 2.45) is 4.99 Å². The molecule has 0 heterocycles. The highest BCUT2D eigenvalue weighted by Gasteiger charge is 2.16. The number of hydrogen-bond acceptors (Lipinski definition) is 6. The summed E-state index contributed by atoms with van der Waals surface area (Å²) >= 11 is 1.71. The van der Waals surface area contributed by atoms with Crippen molar-refractivity contribution in [1.29, 1.82) is 0 Å². The number of hydrogen-bond donors (Lipinski definition) is 1. The van der Waals surface area contributed by atoms with Crippen LogP contribution in [-0.4, -0.2) is 42.6 Å². The van der Waals surface area contributed by atoms with Crippen LogP contribution in [0.25, 0.3) is 11.8 Å². The molecule has 0 bridgehead atoms. The van der Waals surface area contributed by atoms with Gasteiger partial charge in [0.2, 0.25) is 0 Å². The van der Waals surface area contributed by atoms with E-state index in [9.17, 15) is 4.79 Å². The Labute approximate surface area is 226 Å². The smallest absolute Gasteiger partial charge is 0.408 e. The quantitative estimate of drug-likeness (QED) is 0.260. The van der Waals surface area contributed by atoms with Crippen LogP contribution in [0.3, 0.4) is 0 Å². The summed E-state index contributed by atoms with van der Waals surface area (Å²) < 4.78 is 9.15. The van der Waals surface area contributed by atoms with Crippen molar-refractivity contribution in [3.8, 4) is 0 Å². The van der Waals surface area contributed by atoms with E-state index in [2.05, 4.69) is 78.5 Å². The van der Waals surface area contributed by atoms with Crippen LogP contribution >= 0.6 is 11.8 Å². The van der Waals surface area contributed by atoms with Crippen LogP contribution in [0, 0.1) is 0 Å². The number of benzene rings is 2. The van der Waals surface area contributed by atoms with Gasteiger partial charge in [-0.3, -0.25) is 9.79 Å². The minimum atomic E-state index is -0.479. The molecule has 6 nitrogen and oxygen atoms in total. The van der Waals surface area contributed by atoms with Crippen LogP contribution in [-0.2, 0) is 27.1 Å². The summed E-state index contributed by atoms with van der Waals surface area (Å²) in [4.78, 5) is 25.5. The van der Waals surface area contributed by atoms with Crippen molar-refractivity contribution in [1.82, 2.24) is 5.32 Å². The monoisotopic (exact) mass is 526 g/mol. The first-order valence-corrected chi connectivity index (χ1v) is 13.6. The van der Waals surface area contributed by atoms with E-state index < -0.39 is 5.60 Å². The summed E-state index contributed by atoms with van der Waals surface area (Å²) in [6.07, 6.45) is 6.47. The number of aliphatic imine (C=N–C) groups is 1. The molecule has 0 aliphatic heterocycles. The number of nitrogens with one attached hydrogen (secondary N) is 1. The van der Waals surface area contributed by atoms with Gasteiger partial charge in [0.05, 0.1) is 18.7 Å². The summed E-state index contributed by atoms with van der Waals surface area (Å²) in [6, 6.07) is 17.2. The fourth-order valence-corrected chi connectivity index (χ4v) is 4.33. The lowest BCUT2D eigenvalue weighted by atomic mass is 10.0. The molecule has 1 N–H and O–H groups in total. The summed E-state index contributed by atoms with van der Waals surface area (Å²) in [5.41, 5.74) is 3.15. The Morgan fingerprint density at radius 2 is 1.81 bits per heavy atom. The van der Waals surface area contributed by atoms with Gasteiger partial charge in [-0.15, -0.1) is 11.8 Å². The van der Waals surface area contributed by atoms with Crippen molar-refractivity contribution < 1.29 is 19.1 Å². The molecule has 2 rings (SSSR count). The minimum absolute atomic E-state index is 0.368. The fourth-order valence-electron chi connectivity index (χ4n) is 3.53. The van der Waals surface area contributed by atoms with Gasteiger partial charge in [-0.25, -0.2) is 4.79 Å². The maximum atomic E-state index is 11.8. The zero-order valence-corrected chi connectivity index (χ0v) is 24.1. The van der Waals surface area contributed by atoms with Crippen molar-refractivity contribution in [3.63, 3.8) is 0 Å². The van der Waals surface area contributed by atoms with Crippen LogP contribution in [0.2, 0.25) is 0 Å². The van der Waals surface area contributed by atoms with Gasteiger partial charge in [-0.1, -0.05) is 68.5 Å². The van der Waals surface area contributed by atoms with E-state index in [4.69, 9.17) is 14.5 Å². The van der Waals surface area contributed by atoms with Crippen molar-refractivity contribution in [2.75, 3.05) is 13.0 Å². The summed E-state index contributed by atoms with van der Waals surface area (Å²) in [7, 11) is 1.31. The summed E-state index contributed by atoms with van der Waals surface area (Å²) in [6.45, 7) is 12.3. The first kappa shape index (κ1) is 32.0. The molecule has 0 aromatic heterocycles. The average molecular weight is 527 g/mol. The van der Waals surface area contributed by atoms with E-state index in [0.717, 1.165) is 25.0 Å². The minimum Gasteiger partial charge on any atom is -0.471 e. The van der Waals surface area contributed by atoms with Crippen LogP contribution in [0.4, 0.5) is 4.79 Å². The third-order valence-corrected chi connectivity index (χ3v) is 5.99. The molecule has 1 amide bonds. The largest absolute Gasteiger partial charge is 0.471 e. The second-order valence-corrected chi connectivity index (χ2v) is 10.8. The van der Waals surface area contributed by atoms with E-state index in [0.29, 0.717) is 17.6 Å². The Kier molecular flexibility index (Phi) is 15.0. The SMILES string of the molecule is CC=N/C(Cc1cccc(CC(C)SCNC(=O)OC(C)(C)C)c1)=c1/cccc/c1=C\CC.COC=O. The Bertz CT molecular complexity index is 1120. The maximum absolute atomic E-state index is 11.8. The molecule has 0 saturated carbocycles. The molecule has 7 heteroatoms. The predicted octanol–water partition coefficient (Wildman–Crippen LogP) is 5.25. The Balaban J connectivity index is 0.00000159. The highest BCUT2D eigenvalue weighted by Crippen LogP contribution is 2.18. The molecular formula is C30H42N2O4S. The first-order chi connectivity index (χ1) is 17.6. The molecule has 0 aliphatic carbocycles. The zero-order chi connectivity index (χ0) is 27.7. The molecule has 1 atom stereocenters. The second kappa shape index (κ2) is 17.4. The topological polar surface area (TPSA) is 77.0 Å². The third-order valence-electron chi connectivity index (χ3n) is 4.95. The first-order valence-electron chi connectivity index (χ1n) is 12.5. The number of carbonyl (C=O) groups is 2. The fraction of sp³-hybridized carbons (Fsp3) is 0.433. The van der Waals surface area contributed by atoms with Gasteiger partial charge in [0.1, 0.15) is 5.60 Å². The molecule has 37 heavy (non-hydrogen) atoms. The van der Waals surface area contributed by atoms with E-state index in [1.54, 1.807) is 11.8 Å². The summed E-state index contributed by atoms with van der Waals surface area (Å²) in [5, 5.41) is 5.62.